The Hall–Kier alpha value is -0.0800. The zero-order valence-electron chi connectivity index (χ0n) is 10.6. The second kappa shape index (κ2) is 5.50. The predicted octanol–water partition coefficient (Wildman–Crippen LogP) is 3.28. The lowest BCUT2D eigenvalue weighted by Gasteiger charge is -2.40. The van der Waals surface area contributed by atoms with Crippen molar-refractivity contribution in [3.63, 3.8) is 0 Å². The number of hydrogen-bond acceptors (Lipinski definition) is 2. The molecule has 2 rings (SSSR count). The lowest BCUT2D eigenvalue weighted by atomic mass is 9.80. The van der Waals surface area contributed by atoms with E-state index in [1.807, 2.05) is 0 Å². The highest BCUT2D eigenvalue weighted by Crippen LogP contribution is 2.43. The van der Waals surface area contributed by atoms with E-state index in [0.29, 0.717) is 5.92 Å². The van der Waals surface area contributed by atoms with Crippen LogP contribution < -0.4 is 0 Å². The summed E-state index contributed by atoms with van der Waals surface area (Å²) < 4.78 is 6.00. The van der Waals surface area contributed by atoms with Crippen LogP contribution in [0.3, 0.4) is 0 Å². The fraction of sp³-hybridized carbons (Fsp3) is 1.00. The third kappa shape index (κ3) is 2.78. The first-order valence-corrected chi connectivity index (χ1v) is 7.08. The molecule has 1 N–H and O–H groups in total. The summed E-state index contributed by atoms with van der Waals surface area (Å²) in [6.07, 6.45) is 10.5. The van der Waals surface area contributed by atoms with Gasteiger partial charge in [-0.3, -0.25) is 0 Å². The number of aliphatic hydroxyl groups excluding tert-OH is 1. The van der Waals surface area contributed by atoms with Crippen molar-refractivity contribution in [2.24, 2.45) is 5.92 Å². The minimum atomic E-state index is -0.0821. The zero-order valence-corrected chi connectivity index (χ0v) is 10.6. The summed E-state index contributed by atoms with van der Waals surface area (Å²) in [5.74, 6) is 0.499. The minimum Gasteiger partial charge on any atom is -0.393 e. The van der Waals surface area contributed by atoms with Crippen molar-refractivity contribution in [1.29, 1.82) is 0 Å². The Morgan fingerprint density at radius 2 is 2.12 bits per heavy atom. The van der Waals surface area contributed by atoms with Gasteiger partial charge in [-0.25, -0.2) is 0 Å². The number of ether oxygens (including phenoxy) is 1. The van der Waals surface area contributed by atoms with Crippen LogP contribution >= 0.6 is 0 Å². The monoisotopic (exact) mass is 226 g/mol. The lowest BCUT2D eigenvalue weighted by molar-refractivity contribution is -0.113. The van der Waals surface area contributed by atoms with Gasteiger partial charge in [0.2, 0.25) is 0 Å². The molecule has 1 heterocycles. The van der Waals surface area contributed by atoms with E-state index >= 15 is 0 Å². The molecule has 0 bridgehead atoms. The van der Waals surface area contributed by atoms with E-state index in [-0.39, 0.29) is 11.7 Å². The maximum Gasteiger partial charge on any atom is 0.0686 e. The summed E-state index contributed by atoms with van der Waals surface area (Å²) in [5.41, 5.74) is 0.163. The number of aliphatic hydroxyl groups is 1. The fourth-order valence-electron chi connectivity index (χ4n) is 3.41. The van der Waals surface area contributed by atoms with Gasteiger partial charge >= 0.3 is 0 Å². The Morgan fingerprint density at radius 1 is 1.38 bits per heavy atom. The Bertz CT molecular complexity index is 209. The van der Waals surface area contributed by atoms with Crippen LogP contribution in [0.1, 0.15) is 64.7 Å². The highest BCUT2D eigenvalue weighted by atomic mass is 16.5. The molecule has 1 saturated heterocycles. The number of rotatable bonds is 4. The average Bonchev–Trinajstić information content (AvgIpc) is 2.74. The molecular weight excluding hydrogens is 200 g/mol. The van der Waals surface area contributed by atoms with Gasteiger partial charge in [0.05, 0.1) is 11.7 Å². The standard InChI is InChI=1S/C14H26O2/c1-2-3-6-13(15)12-7-10-16-14(11-12)8-4-5-9-14/h12-13,15H,2-11H2,1H3. The van der Waals surface area contributed by atoms with Gasteiger partial charge in [0.1, 0.15) is 0 Å². The summed E-state index contributed by atoms with van der Waals surface area (Å²) in [5, 5.41) is 10.2. The predicted molar refractivity (Wildman–Crippen MR) is 65.4 cm³/mol. The van der Waals surface area contributed by atoms with Crippen molar-refractivity contribution in [3.05, 3.63) is 0 Å². The van der Waals surface area contributed by atoms with Crippen LogP contribution in [0.5, 0.6) is 0 Å². The van der Waals surface area contributed by atoms with Crippen molar-refractivity contribution in [2.45, 2.75) is 76.4 Å². The molecule has 94 valence electrons. The molecule has 0 aromatic rings. The van der Waals surface area contributed by atoms with Crippen molar-refractivity contribution < 1.29 is 9.84 Å². The Morgan fingerprint density at radius 3 is 2.81 bits per heavy atom. The molecule has 2 aliphatic rings. The quantitative estimate of drug-likeness (QED) is 0.797. The van der Waals surface area contributed by atoms with Gasteiger partial charge in [-0.1, -0.05) is 32.6 Å². The van der Waals surface area contributed by atoms with Gasteiger partial charge in [0.15, 0.2) is 0 Å². The molecule has 2 atom stereocenters. The van der Waals surface area contributed by atoms with Crippen LogP contribution in [-0.2, 0) is 4.74 Å². The highest BCUT2D eigenvalue weighted by Gasteiger charge is 2.41. The fourth-order valence-corrected chi connectivity index (χ4v) is 3.41. The summed E-state index contributed by atoms with van der Waals surface area (Å²) in [7, 11) is 0. The summed E-state index contributed by atoms with van der Waals surface area (Å²) in [6, 6.07) is 0. The van der Waals surface area contributed by atoms with E-state index in [1.165, 1.54) is 32.1 Å². The molecule has 0 aromatic carbocycles. The second-order valence-corrected chi connectivity index (χ2v) is 5.70. The first-order chi connectivity index (χ1) is 7.76. The number of hydrogen-bond donors (Lipinski definition) is 1. The normalized spacial score (nSPS) is 30.8. The van der Waals surface area contributed by atoms with Crippen molar-refractivity contribution >= 4 is 0 Å². The minimum absolute atomic E-state index is 0.0821. The summed E-state index contributed by atoms with van der Waals surface area (Å²) >= 11 is 0. The van der Waals surface area contributed by atoms with Crippen LogP contribution in [-0.4, -0.2) is 23.4 Å². The SMILES string of the molecule is CCCCC(O)C1CCOC2(CCCC2)C1. The summed E-state index contributed by atoms with van der Waals surface area (Å²) in [6.45, 7) is 3.06. The molecule has 1 aliphatic heterocycles. The first-order valence-electron chi connectivity index (χ1n) is 7.08. The molecule has 1 saturated carbocycles. The van der Waals surface area contributed by atoms with Crippen LogP contribution in [0.15, 0.2) is 0 Å². The maximum absolute atomic E-state index is 10.2. The average molecular weight is 226 g/mol. The maximum atomic E-state index is 10.2. The van der Waals surface area contributed by atoms with Crippen molar-refractivity contribution in [3.8, 4) is 0 Å². The topological polar surface area (TPSA) is 29.5 Å². The molecule has 2 heteroatoms. The van der Waals surface area contributed by atoms with Crippen molar-refractivity contribution in [2.75, 3.05) is 6.61 Å². The van der Waals surface area contributed by atoms with Crippen LogP contribution in [0, 0.1) is 5.92 Å². The molecule has 0 amide bonds. The molecule has 2 fully saturated rings. The van der Waals surface area contributed by atoms with Crippen LogP contribution in [0.2, 0.25) is 0 Å². The van der Waals surface area contributed by atoms with Crippen LogP contribution in [0.4, 0.5) is 0 Å². The summed E-state index contributed by atoms with van der Waals surface area (Å²) in [4.78, 5) is 0. The van der Waals surface area contributed by atoms with Gasteiger partial charge < -0.3 is 9.84 Å². The third-order valence-electron chi connectivity index (χ3n) is 4.44. The molecular formula is C14H26O2. The number of unbranched alkanes of at least 4 members (excludes halogenated alkanes) is 1. The van der Waals surface area contributed by atoms with Crippen molar-refractivity contribution in [1.82, 2.24) is 0 Å². The molecule has 2 unspecified atom stereocenters. The molecule has 16 heavy (non-hydrogen) atoms. The molecule has 1 aliphatic carbocycles. The van der Waals surface area contributed by atoms with Gasteiger partial charge in [-0.05, 0) is 38.0 Å². The van der Waals surface area contributed by atoms with E-state index in [2.05, 4.69) is 6.92 Å². The van der Waals surface area contributed by atoms with Gasteiger partial charge in [0, 0.05) is 6.61 Å². The van der Waals surface area contributed by atoms with E-state index in [1.54, 1.807) is 0 Å². The molecule has 1 spiro atoms. The highest BCUT2D eigenvalue weighted by molar-refractivity contribution is 4.92. The molecule has 0 aromatic heterocycles. The van der Waals surface area contributed by atoms with E-state index in [4.69, 9.17) is 4.74 Å². The first kappa shape index (κ1) is 12.4. The van der Waals surface area contributed by atoms with Gasteiger partial charge in [-0.15, -0.1) is 0 Å². The zero-order chi connectivity index (χ0) is 11.4. The van der Waals surface area contributed by atoms with Crippen LogP contribution in [0.25, 0.3) is 0 Å². The Kier molecular flexibility index (Phi) is 4.26. The smallest absolute Gasteiger partial charge is 0.0686 e. The van der Waals surface area contributed by atoms with E-state index < -0.39 is 0 Å². The molecule has 0 radical (unpaired) electrons. The second-order valence-electron chi connectivity index (χ2n) is 5.70. The van der Waals surface area contributed by atoms with E-state index in [0.717, 1.165) is 32.3 Å². The Balaban J connectivity index is 1.85. The van der Waals surface area contributed by atoms with Gasteiger partial charge in [0.25, 0.3) is 0 Å². The van der Waals surface area contributed by atoms with E-state index in [9.17, 15) is 5.11 Å². The Labute approximate surface area is 99.4 Å². The lowest BCUT2D eigenvalue weighted by Crippen LogP contribution is -2.41. The van der Waals surface area contributed by atoms with Gasteiger partial charge in [-0.2, -0.15) is 0 Å². The largest absolute Gasteiger partial charge is 0.393 e. The molecule has 2 nitrogen and oxygen atoms in total. The third-order valence-corrected chi connectivity index (χ3v) is 4.44.